The first kappa shape index (κ1) is 15.3. The third-order valence-corrected chi connectivity index (χ3v) is 2.99. The zero-order valence-corrected chi connectivity index (χ0v) is 12.2. The molecule has 0 radical (unpaired) electrons. The van der Waals surface area contributed by atoms with Gasteiger partial charge in [0, 0.05) is 23.5 Å². The van der Waals surface area contributed by atoms with Gasteiger partial charge in [0.2, 0.25) is 0 Å². The molecular weight excluding hydrogens is 293 g/mol. The second-order valence-electron chi connectivity index (χ2n) is 4.43. The second kappa shape index (κ2) is 7.04. The van der Waals surface area contributed by atoms with Crippen LogP contribution in [0.5, 0.6) is 0 Å². The predicted molar refractivity (Wildman–Crippen MR) is 82.4 cm³/mol. The van der Waals surface area contributed by atoms with Crippen molar-refractivity contribution in [1.82, 2.24) is 4.98 Å². The van der Waals surface area contributed by atoms with Gasteiger partial charge >= 0.3 is 0 Å². The highest BCUT2D eigenvalue weighted by Gasteiger charge is 2.11. The minimum absolute atomic E-state index is 0.0677. The Morgan fingerprint density at radius 2 is 2.14 bits per heavy atom. The van der Waals surface area contributed by atoms with Crippen molar-refractivity contribution in [2.75, 3.05) is 17.2 Å². The van der Waals surface area contributed by atoms with E-state index in [9.17, 15) is 9.18 Å². The first-order valence-electron chi connectivity index (χ1n) is 6.56. The van der Waals surface area contributed by atoms with E-state index in [1.54, 1.807) is 12.1 Å². The molecule has 0 saturated carbocycles. The summed E-state index contributed by atoms with van der Waals surface area (Å²) >= 11 is 5.67. The van der Waals surface area contributed by atoms with Crippen LogP contribution in [-0.2, 0) is 0 Å². The monoisotopic (exact) mass is 307 g/mol. The van der Waals surface area contributed by atoms with Crippen LogP contribution in [0, 0.1) is 5.82 Å². The second-order valence-corrected chi connectivity index (χ2v) is 4.87. The van der Waals surface area contributed by atoms with Gasteiger partial charge in [0.15, 0.2) is 0 Å². The molecule has 0 fully saturated rings. The van der Waals surface area contributed by atoms with Crippen molar-refractivity contribution in [2.45, 2.75) is 13.3 Å². The van der Waals surface area contributed by atoms with E-state index < -0.39 is 11.7 Å². The number of aromatic nitrogens is 1. The first-order chi connectivity index (χ1) is 10.1. The van der Waals surface area contributed by atoms with Crippen molar-refractivity contribution in [3.05, 3.63) is 53.1 Å². The van der Waals surface area contributed by atoms with E-state index in [-0.39, 0.29) is 16.4 Å². The van der Waals surface area contributed by atoms with Crippen molar-refractivity contribution in [2.24, 2.45) is 0 Å². The largest absolute Gasteiger partial charge is 0.385 e. The number of amides is 1. The number of nitrogens with zero attached hydrogens (tertiary/aromatic N) is 1. The predicted octanol–water partition coefficient (Wildman–Crippen LogP) is 3.95. The van der Waals surface area contributed by atoms with Gasteiger partial charge in [-0.1, -0.05) is 18.5 Å². The lowest BCUT2D eigenvalue weighted by molar-refractivity contribution is 0.102. The van der Waals surface area contributed by atoms with Crippen molar-refractivity contribution in [1.29, 1.82) is 0 Å². The maximum absolute atomic E-state index is 13.6. The van der Waals surface area contributed by atoms with Crippen molar-refractivity contribution < 1.29 is 9.18 Å². The molecule has 0 bridgehead atoms. The highest BCUT2D eigenvalue weighted by atomic mass is 35.5. The summed E-state index contributed by atoms with van der Waals surface area (Å²) in [6.45, 7) is 2.85. The van der Waals surface area contributed by atoms with Crippen molar-refractivity contribution in [3.63, 3.8) is 0 Å². The van der Waals surface area contributed by atoms with Gasteiger partial charge in [0.05, 0.1) is 5.69 Å². The normalized spacial score (nSPS) is 10.2. The molecule has 0 spiro atoms. The molecular formula is C15H15ClFN3O. The summed E-state index contributed by atoms with van der Waals surface area (Å²) in [6.07, 6.45) is 2.50. The summed E-state index contributed by atoms with van der Waals surface area (Å²) < 4.78 is 13.6. The molecule has 0 aliphatic heterocycles. The van der Waals surface area contributed by atoms with Gasteiger partial charge in [-0.25, -0.2) is 4.39 Å². The number of anilines is 2. The third kappa shape index (κ3) is 4.16. The van der Waals surface area contributed by atoms with Crippen molar-refractivity contribution >= 4 is 28.9 Å². The van der Waals surface area contributed by atoms with Gasteiger partial charge in [-0.3, -0.25) is 9.78 Å². The molecule has 6 heteroatoms. The number of halogens is 2. The molecule has 0 saturated heterocycles. The summed E-state index contributed by atoms with van der Waals surface area (Å²) in [5.74, 6) is -1.06. The molecule has 1 aromatic carbocycles. The van der Waals surface area contributed by atoms with E-state index in [1.807, 2.05) is 6.92 Å². The zero-order valence-electron chi connectivity index (χ0n) is 11.5. The molecule has 2 rings (SSSR count). The van der Waals surface area contributed by atoms with Crippen molar-refractivity contribution in [3.8, 4) is 0 Å². The highest BCUT2D eigenvalue weighted by molar-refractivity contribution is 6.30. The number of hydrogen-bond donors (Lipinski definition) is 2. The van der Waals surface area contributed by atoms with E-state index in [1.165, 1.54) is 18.3 Å². The molecule has 1 amide bonds. The molecule has 2 aromatic rings. The Morgan fingerprint density at radius 1 is 1.33 bits per heavy atom. The molecule has 0 unspecified atom stereocenters. The molecule has 0 atom stereocenters. The molecule has 1 aromatic heterocycles. The van der Waals surface area contributed by atoms with E-state index in [0.717, 1.165) is 24.7 Å². The third-order valence-electron chi connectivity index (χ3n) is 2.75. The average Bonchev–Trinajstić information content (AvgIpc) is 2.48. The Balaban J connectivity index is 2.12. The Hall–Kier alpha value is -2.14. The number of rotatable bonds is 5. The number of carbonyl (C=O) groups is 1. The van der Waals surface area contributed by atoms with Crippen LogP contribution in [0.1, 0.15) is 23.8 Å². The van der Waals surface area contributed by atoms with E-state index in [2.05, 4.69) is 15.6 Å². The van der Waals surface area contributed by atoms with Crippen LogP contribution in [0.15, 0.2) is 36.5 Å². The van der Waals surface area contributed by atoms with Crippen LogP contribution >= 0.6 is 11.6 Å². The van der Waals surface area contributed by atoms with E-state index in [0.29, 0.717) is 0 Å². The topological polar surface area (TPSA) is 54.0 Å². The van der Waals surface area contributed by atoms with Gasteiger partial charge in [0.1, 0.15) is 11.5 Å². The fourth-order valence-corrected chi connectivity index (χ4v) is 1.87. The molecule has 4 nitrogen and oxygen atoms in total. The lowest BCUT2D eigenvalue weighted by Gasteiger charge is -2.08. The fraction of sp³-hybridized carbons (Fsp3) is 0.200. The summed E-state index contributed by atoms with van der Waals surface area (Å²) in [4.78, 5) is 16.1. The smallest absolute Gasteiger partial charge is 0.274 e. The van der Waals surface area contributed by atoms with Crippen LogP contribution in [0.4, 0.5) is 15.8 Å². The van der Waals surface area contributed by atoms with Crippen LogP contribution in [0.3, 0.4) is 0 Å². The Kier molecular flexibility index (Phi) is 5.11. The fourth-order valence-electron chi connectivity index (χ4n) is 1.71. The van der Waals surface area contributed by atoms with Gasteiger partial charge in [-0.05, 0) is 36.8 Å². The van der Waals surface area contributed by atoms with Gasteiger partial charge < -0.3 is 10.6 Å². The van der Waals surface area contributed by atoms with Gasteiger partial charge in [-0.2, -0.15) is 0 Å². The van der Waals surface area contributed by atoms with Gasteiger partial charge in [-0.15, -0.1) is 0 Å². The van der Waals surface area contributed by atoms with Crippen LogP contribution in [-0.4, -0.2) is 17.4 Å². The van der Waals surface area contributed by atoms with Crippen LogP contribution in [0.2, 0.25) is 5.02 Å². The minimum Gasteiger partial charge on any atom is -0.385 e. The lowest BCUT2D eigenvalue weighted by Crippen LogP contribution is -2.15. The van der Waals surface area contributed by atoms with Gasteiger partial charge in [0.25, 0.3) is 5.91 Å². The highest BCUT2D eigenvalue weighted by Crippen LogP contribution is 2.19. The number of pyridine rings is 1. The summed E-state index contributed by atoms with van der Waals surface area (Å²) in [6, 6.07) is 7.46. The summed E-state index contributed by atoms with van der Waals surface area (Å²) in [5.41, 5.74) is 1.08. The molecule has 0 aliphatic carbocycles. The SMILES string of the molecule is CCCNc1ccnc(C(=O)Nc2ccc(Cl)cc2F)c1. The number of benzene rings is 1. The zero-order chi connectivity index (χ0) is 15.2. The van der Waals surface area contributed by atoms with E-state index >= 15 is 0 Å². The standard InChI is InChI=1S/C15H15ClFN3O/c1-2-6-18-11-5-7-19-14(9-11)15(21)20-13-4-3-10(16)8-12(13)17/h3-5,7-9H,2,6H2,1H3,(H,18,19)(H,20,21). The summed E-state index contributed by atoms with van der Waals surface area (Å²) in [5, 5.41) is 5.91. The maximum Gasteiger partial charge on any atom is 0.274 e. The Morgan fingerprint density at radius 3 is 2.86 bits per heavy atom. The molecule has 0 aliphatic rings. The lowest BCUT2D eigenvalue weighted by atomic mass is 10.2. The van der Waals surface area contributed by atoms with Crippen LogP contribution < -0.4 is 10.6 Å². The Bertz CT molecular complexity index is 649. The molecule has 2 N–H and O–H groups in total. The quantitative estimate of drug-likeness (QED) is 0.879. The van der Waals surface area contributed by atoms with Crippen LogP contribution in [0.25, 0.3) is 0 Å². The molecule has 1 heterocycles. The van der Waals surface area contributed by atoms with E-state index in [4.69, 9.17) is 11.6 Å². The average molecular weight is 308 g/mol. The molecule has 110 valence electrons. The molecule has 21 heavy (non-hydrogen) atoms. The first-order valence-corrected chi connectivity index (χ1v) is 6.94. The minimum atomic E-state index is -0.587. The maximum atomic E-state index is 13.6. The summed E-state index contributed by atoms with van der Waals surface area (Å²) in [7, 11) is 0. The number of carbonyl (C=O) groups excluding carboxylic acids is 1. The number of nitrogens with one attached hydrogen (secondary N) is 2. The Labute approximate surface area is 127 Å². The number of hydrogen-bond acceptors (Lipinski definition) is 3.